The van der Waals surface area contributed by atoms with Crippen molar-refractivity contribution in [3.63, 3.8) is 0 Å². The predicted molar refractivity (Wildman–Crippen MR) is 83.9 cm³/mol. The number of likely N-dealkylation sites (tertiary alicyclic amines) is 1. The van der Waals surface area contributed by atoms with Crippen LogP contribution >= 0.6 is 0 Å². The Balaban J connectivity index is 1.93. The molecular formula is C17H28N2O. The molecule has 1 aromatic rings. The number of hydrogen-bond donors (Lipinski definition) is 1. The smallest absolute Gasteiger partial charge is 0.119 e. The lowest BCUT2D eigenvalue weighted by atomic mass is 9.79. The summed E-state index contributed by atoms with van der Waals surface area (Å²) in [5.41, 5.74) is 7.74. The molecular weight excluding hydrogens is 248 g/mol. The zero-order valence-electron chi connectivity index (χ0n) is 13.2. The van der Waals surface area contributed by atoms with Crippen molar-refractivity contribution >= 4 is 0 Å². The van der Waals surface area contributed by atoms with Crippen molar-refractivity contribution in [2.24, 2.45) is 11.1 Å². The van der Waals surface area contributed by atoms with Crippen LogP contribution in [0.25, 0.3) is 0 Å². The molecule has 1 saturated heterocycles. The summed E-state index contributed by atoms with van der Waals surface area (Å²) in [6.07, 6.45) is 1.31. The Morgan fingerprint density at radius 2 is 1.95 bits per heavy atom. The Labute approximate surface area is 123 Å². The SMILES string of the molecule is CC(C)Oc1ccc(CN2CCC(N)C(C)(C)C2)cc1. The molecule has 1 heterocycles. The molecule has 1 aromatic carbocycles. The van der Waals surface area contributed by atoms with Crippen molar-refractivity contribution in [1.29, 1.82) is 0 Å². The molecule has 112 valence electrons. The molecule has 1 atom stereocenters. The standard InChI is InChI=1S/C17H28N2O/c1-13(2)20-15-7-5-14(6-8-15)11-19-10-9-16(18)17(3,4)12-19/h5-8,13,16H,9-12,18H2,1-4H3. The average Bonchev–Trinajstić information content (AvgIpc) is 2.35. The first kappa shape index (κ1) is 15.3. The number of nitrogens with two attached hydrogens (primary N) is 1. The highest BCUT2D eigenvalue weighted by atomic mass is 16.5. The van der Waals surface area contributed by atoms with Crippen LogP contribution in [0.1, 0.15) is 39.7 Å². The number of benzene rings is 1. The number of piperidine rings is 1. The van der Waals surface area contributed by atoms with Gasteiger partial charge in [-0.1, -0.05) is 26.0 Å². The Hall–Kier alpha value is -1.06. The van der Waals surface area contributed by atoms with Crippen molar-refractivity contribution < 1.29 is 4.74 Å². The van der Waals surface area contributed by atoms with E-state index in [-0.39, 0.29) is 11.5 Å². The Kier molecular flexibility index (Phi) is 4.71. The first-order chi connectivity index (χ1) is 9.37. The number of rotatable bonds is 4. The summed E-state index contributed by atoms with van der Waals surface area (Å²) >= 11 is 0. The van der Waals surface area contributed by atoms with Gasteiger partial charge in [0.1, 0.15) is 5.75 Å². The molecule has 0 saturated carbocycles. The minimum Gasteiger partial charge on any atom is -0.491 e. The lowest BCUT2D eigenvalue weighted by Crippen LogP contribution is -2.52. The number of nitrogens with zero attached hydrogens (tertiary/aromatic N) is 1. The van der Waals surface area contributed by atoms with Crippen molar-refractivity contribution in [2.45, 2.75) is 52.8 Å². The van der Waals surface area contributed by atoms with Crippen LogP contribution in [-0.2, 0) is 6.54 Å². The third-order valence-corrected chi connectivity index (χ3v) is 4.09. The molecule has 1 aliphatic heterocycles. The first-order valence-electron chi connectivity index (χ1n) is 7.60. The van der Waals surface area contributed by atoms with Crippen LogP contribution in [0.3, 0.4) is 0 Å². The van der Waals surface area contributed by atoms with Gasteiger partial charge in [0.05, 0.1) is 6.10 Å². The largest absolute Gasteiger partial charge is 0.491 e. The monoisotopic (exact) mass is 276 g/mol. The summed E-state index contributed by atoms with van der Waals surface area (Å²) in [6, 6.07) is 8.78. The van der Waals surface area contributed by atoms with Gasteiger partial charge in [0.15, 0.2) is 0 Å². The van der Waals surface area contributed by atoms with Crippen LogP contribution in [0, 0.1) is 5.41 Å². The van der Waals surface area contributed by atoms with E-state index in [1.807, 2.05) is 13.8 Å². The second-order valence-corrected chi connectivity index (χ2v) is 6.90. The van der Waals surface area contributed by atoms with Gasteiger partial charge in [-0.15, -0.1) is 0 Å². The lowest BCUT2D eigenvalue weighted by molar-refractivity contribution is 0.0898. The van der Waals surface area contributed by atoms with Crippen molar-refractivity contribution in [2.75, 3.05) is 13.1 Å². The van der Waals surface area contributed by atoms with Gasteiger partial charge in [0.25, 0.3) is 0 Å². The van der Waals surface area contributed by atoms with Crippen LogP contribution in [-0.4, -0.2) is 30.1 Å². The van der Waals surface area contributed by atoms with Gasteiger partial charge >= 0.3 is 0 Å². The molecule has 0 amide bonds. The highest BCUT2D eigenvalue weighted by molar-refractivity contribution is 5.27. The zero-order chi connectivity index (χ0) is 14.8. The fourth-order valence-electron chi connectivity index (χ4n) is 2.82. The summed E-state index contributed by atoms with van der Waals surface area (Å²) in [6.45, 7) is 11.8. The van der Waals surface area contributed by atoms with E-state index < -0.39 is 0 Å². The molecule has 2 N–H and O–H groups in total. The molecule has 20 heavy (non-hydrogen) atoms. The van der Waals surface area contributed by atoms with Crippen LogP contribution in [0.4, 0.5) is 0 Å². The highest BCUT2D eigenvalue weighted by Gasteiger charge is 2.33. The van der Waals surface area contributed by atoms with E-state index in [9.17, 15) is 0 Å². The Morgan fingerprint density at radius 3 is 2.50 bits per heavy atom. The quantitative estimate of drug-likeness (QED) is 0.918. The summed E-state index contributed by atoms with van der Waals surface area (Å²) in [5, 5.41) is 0. The number of hydrogen-bond acceptors (Lipinski definition) is 3. The topological polar surface area (TPSA) is 38.5 Å². The number of ether oxygens (including phenoxy) is 1. The van der Waals surface area contributed by atoms with Gasteiger partial charge in [-0.05, 0) is 43.4 Å². The maximum Gasteiger partial charge on any atom is 0.119 e. The fraction of sp³-hybridized carbons (Fsp3) is 0.647. The Morgan fingerprint density at radius 1 is 1.30 bits per heavy atom. The first-order valence-corrected chi connectivity index (χ1v) is 7.60. The minimum absolute atomic E-state index is 0.207. The van der Waals surface area contributed by atoms with Gasteiger partial charge in [0.2, 0.25) is 0 Å². The molecule has 0 aliphatic carbocycles. The van der Waals surface area contributed by atoms with Gasteiger partial charge in [-0.2, -0.15) is 0 Å². The summed E-state index contributed by atoms with van der Waals surface area (Å²) in [4.78, 5) is 2.50. The average molecular weight is 276 g/mol. The van der Waals surface area contributed by atoms with E-state index in [0.29, 0.717) is 6.04 Å². The summed E-state index contributed by atoms with van der Waals surface area (Å²) in [5.74, 6) is 0.949. The predicted octanol–water partition coefficient (Wildman–Crippen LogP) is 3.03. The lowest BCUT2D eigenvalue weighted by Gasteiger charge is -2.42. The molecule has 0 aromatic heterocycles. The van der Waals surface area contributed by atoms with Crippen molar-refractivity contribution in [3.05, 3.63) is 29.8 Å². The fourth-order valence-corrected chi connectivity index (χ4v) is 2.82. The van der Waals surface area contributed by atoms with Crippen LogP contribution in [0.5, 0.6) is 5.75 Å². The van der Waals surface area contributed by atoms with Crippen LogP contribution in [0.2, 0.25) is 0 Å². The van der Waals surface area contributed by atoms with E-state index in [4.69, 9.17) is 10.5 Å². The van der Waals surface area contributed by atoms with Crippen LogP contribution in [0.15, 0.2) is 24.3 Å². The van der Waals surface area contributed by atoms with Crippen LogP contribution < -0.4 is 10.5 Å². The molecule has 1 aliphatic rings. The second-order valence-electron chi connectivity index (χ2n) is 6.90. The van der Waals surface area contributed by atoms with Gasteiger partial charge in [-0.3, -0.25) is 4.90 Å². The van der Waals surface area contributed by atoms with Gasteiger partial charge < -0.3 is 10.5 Å². The van der Waals surface area contributed by atoms with Gasteiger partial charge in [0, 0.05) is 25.7 Å². The molecule has 1 fully saturated rings. The third kappa shape index (κ3) is 3.97. The third-order valence-electron chi connectivity index (χ3n) is 4.09. The van der Waals surface area contributed by atoms with Gasteiger partial charge in [-0.25, -0.2) is 0 Å². The van der Waals surface area contributed by atoms with E-state index in [1.54, 1.807) is 0 Å². The summed E-state index contributed by atoms with van der Waals surface area (Å²) < 4.78 is 5.68. The van der Waals surface area contributed by atoms with E-state index in [0.717, 1.165) is 31.8 Å². The molecule has 0 radical (unpaired) electrons. The Bertz CT molecular complexity index is 425. The maximum absolute atomic E-state index is 6.19. The second kappa shape index (κ2) is 6.15. The van der Waals surface area contributed by atoms with Crippen molar-refractivity contribution in [1.82, 2.24) is 4.90 Å². The summed E-state index contributed by atoms with van der Waals surface area (Å²) in [7, 11) is 0. The normalized spacial score (nSPS) is 23.0. The molecule has 1 unspecified atom stereocenters. The minimum atomic E-state index is 0.207. The van der Waals surface area contributed by atoms with E-state index in [2.05, 4.69) is 43.0 Å². The van der Waals surface area contributed by atoms with Crippen molar-refractivity contribution in [3.8, 4) is 5.75 Å². The zero-order valence-corrected chi connectivity index (χ0v) is 13.2. The molecule has 2 rings (SSSR count). The van der Waals surface area contributed by atoms with E-state index in [1.165, 1.54) is 5.56 Å². The highest BCUT2D eigenvalue weighted by Crippen LogP contribution is 2.28. The molecule has 3 heteroatoms. The van der Waals surface area contributed by atoms with E-state index >= 15 is 0 Å². The molecule has 3 nitrogen and oxygen atoms in total. The maximum atomic E-state index is 6.19. The molecule has 0 spiro atoms. The molecule has 0 bridgehead atoms.